The van der Waals surface area contributed by atoms with E-state index in [2.05, 4.69) is 20.4 Å². The number of hydrogen-bond donors (Lipinski definition) is 2. The highest BCUT2D eigenvalue weighted by molar-refractivity contribution is 6.00. The summed E-state index contributed by atoms with van der Waals surface area (Å²) in [5.74, 6) is 1.63. The lowest BCUT2D eigenvalue weighted by atomic mass is 9.97. The van der Waals surface area contributed by atoms with Gasteiger partial charge in [0.05, 0.1) is 32.4 Å². The summed E-state index contributed by atoms with van der Waals surface area (Å²) in [5.41, 5.74) is 2.22. The van der Waals surface area contributed by atoms with Gasteiger partial charge in [-0.3, -0.25) is 23.6 Å². The Hall–Kier alpha value is -5.71. The van der Waals surface area contributed by atoms with Gasteiger partial charge >= 0.3 is 0 Å². The van der Waals surface area contributed by atoms with E-state index in [9.17, 15) is 14.4 Å². The zero-order valence-corrected chi connectivity index (χ0v) is 30.4. The maximum Gasteiger partial charge on any atom is 0.290 e. The average Bonchev–Trinajstić information content (AvgIpc) is 3.67. The smallest absolute Gasteiger partial charge is 0.290 e. The number of methoxy groups -OCH3 is 3. The molecule has 1 unspecified atom stereocenters. The Morgan fingerprint density at radius 2 is 1.83 bits per heavy atom. The number of carboxylic acid groups (broad SMARTS) is 1. The number of carbonyl (C=O) groups is 4. The highest BCUT2D eigenvalue weighted by Gasteiger charge is 2.29. The molecule has 3 amide bonds. The molecule has 1 atom stereocenters. The molecule has 2 bridgehead atoms. The molecule has 17 heteroatoms. The van der Waals surface area contributed by atoms with Crippen LogP contribution in [0.25, 0.3) is 16.6 Å². The van der Waals surface area contributed by atoms with Crippen LogP contribution in [0, 0.1) is 5.92 Å². The third-order valence-corrected chi connectivity index (χ3v) is 9.32. The van der Waals surface area contributed by atoms with Crippen molar-refractivity contribution in [2.24, 2.45) is 5.92 Å². The van der Waals surface area contributed by atoms with Crippen molar-refractivity contribution in [1.29, 1.82) is 0 Å². The fourth-order valence-electron chi connectivity index (χ4n) is 6.74. The van der Waals surface area contributed by atoms with Crippen LogP contribution in [0.1, 0.15) is 42.1 Å². The van der Waals surface area contributed by atoms with Gasteiger partial charge in [-0.15, -0.1) is 10.2 Å². The summed E-state index contributed by atoms with van der Waals surface area (Å²) in [6.07, 6.45) is 5.27. The van der Waals surface area contributed by atoms with Crippen LogP contribution in [0.2, 0.25) is 0 Å². The first-order valence-corrected chi connectivity index (χ1v) is 17.4. The van der Waals surface area contributed by atoms with E-state index in [0.717, 1.165) is 30.8 Å². The number of aromatic nitrogens is 4. The van der Waals surface area contributed by atoms with E-state index in [0.29, 0.717) is 59.1 Å². The van der Waals surface area contributed by atoms with Gasteiger partial charge in [0, 0.05) is 82.1 Å². The maximum atomic E-state index is 14.1. The van der Waals surface area contributed by atoms with Gasteiger partial charge in [0.2, 0.25) is 17.6 Å². The predicted octanol–water partition coefficient (Wildman–Crippen LogP) is 2.25. The molecule has 6 rings (SSSR count). The molecule has 1 fully saturated rings. The molecule has 2 aliphatic rings. The van der Waals surface area contributed by atoms with Crippen LogP contribution < -0.4 is 24.4 Å². The number of carbonyl (C=O) groups excluding carboxylic acids is 3. The number of benzene rings is 1. The normalized spacial score (nSPS) is 16.7. The van der Waals surface area contributed by atoms with E-state index in [-0.39, 0.29) is 69.3 Å². The number of ether oxygens (including phenoxy) is 4. The Morgan fingerprint density at radius 1 is 1.06 bits per heavy atom. The van der Waals surface area contributed by atoms with Crippen molar-refractivity contribution >= 4 is 46.6 Å². The van der Waals surface area contributed by atoms with Crippen LogP contribution in [-0.4, -0.2) is 132 Å². The molecule has 0 saturated carbocycles. The first-order chi connectivity index (χ1) is 25.8. The molecule has 53 heavy (non-hydrogen) atoms. The van der Waals surface area contributed by atoms with Gasteiger partial charge in [-0.1, -0.05) is 0 Å². The quantitative estimate of drug-likeness (QED) is 0.263. The molecule has 0 aliphatic carbocycles. The number of amides is 3. The monoisotopic (exact) mass is 734 g/mol. The minimum absolute atomic E-state index is 0.113. The highest BCUT2D eigenvalue weighted by Crippen LogP contribution is 2.44. The van der Waals surface area contributed by atoms with Crippen LogP contribution in [0.5, 0.6) is 17.2 Å². The fourth-order valence-corrected chi connectivity index (χ4v) is 6.74. The van der Waals surface area contributed by atoms with Gasteiger partial charge in [0.1, 0.15) is 18.8 Å². The van der Waals surface area contributed by atoms with Crippen molar-refractivity contribution in [2.45, 2.75) is 32.7 Å². The highest BCUT2D eigenvalue weighted by atomic mass is 16.5. The van der Waals surface area contributed by atoms with E-state index in [1.54, 1.807) is 53.9 Å². The third kappa shape index (κ3) is 8.85. The molecule has 2 N–H and O–H groups in total. The third-order valence-electron chi connectivity index (χ3n) is 9.32. The number of anilines is 1. The molecule has 17 nitrogen and oxygen atoms in total. The summed E-state index contributed by atoms with van der Waals surface area (Å²) in [4.78, 5) is 60.1. The van der Waals surface area contributed by atoms with Gasteiger partial charge in [-0.25, -0.2) is 4.98 Å². The van der Waals surface area contributed by atoms with E-state index in [1.807, 2.05) is 19.1 Å². The summed E-state index contributed by atoms with van der Waals surface area (Å²) in [7, 11) is 4.69. The zero-order valence-electron chi connectivity index (χ0n) is 30.4. The lowest BCUT2D eigenvalue weighted by molar-refractivity contribution is -0.137. The second-order valence-electron chi connectivity index (χ2n) is 12.5. The molecule has 0 spiro atoms. The Labute approximate surface area is 306 Å². The van der Waals surface area contributed by atoms with Gasteiger partial charge in [-0.2, -0.15) is 0 Å². The summed E-state index contributed by atoms with van der Waals surface area (Å²) >= 11 is 0. The Kier molecular flexibility index (Phi) is 13.2. The number of rotatable bonds is 7. The second-order valence-corrected chi connectivity index (χ2v) is 12.5. The standard InChI is InChI=1S/C35H44N8O7.CH2O2/c1-5-50-21-30(45)41-15-14-40(35(46)25-9-7-12-43-22-37-39-34(25)43)13-10-29(44)36-18-23-8-6-11-42(19-23)33-24(20-41)16-26-27(38-33)17-28(47-2)32(49-4)31(26)48-3;2-1-3/h7,9,12,16-17,22-23H,5-6,8,10-11,13-15,18-21H2,1-4H3,(H,36,44);1H,(H,2,3). The summed E-state index contributed by atoms with van der Waals surface area (Å²) < 4.78 is 24.4. The first kappa shape index (κ1) is 38.5. The van der Waals surface area contributed by atoms with E-state index < -0.39 is 0 Å². The van der Waals surface area contributed by atoms with Crippen LogP contribution in [-0.2, 0) is 25.7 Å². The van der Waals surface area contributed by atoms with Gasteiger partial charge < -0.3 is 44.1 Å². The van der Waals surface area contributed by atoms with Crippen molar-refractivity contribution in [1.82, 2.24) is 34.7 Å². The van der Waals surface area contributed by atoms with Crippen molar-refractivity contribution < 1.29 is 43.2 Å². The van der Waals surface area contributed by atoms with Crippen LogP contribution >= 0.6 is 0 Å². The Bertz CT molecular complexity index is 1920. The van der Waals surface area contributed by atoms with Crippen molar-refractivity contribution in [3.05, 3.63) is 47.9 Å². The number of hydrogen-bond acceptors (Lipinski definition) is 12. The van der Waals surface area contributed by atoms with Gasteiger partial charge in [0.15, 0.2) is 17.1 Å². The van der Waals surface area contributed by atoms with Crippen molar-refractivity contribution in [2.75, 3.05) is 78.7 Å². The Morgan fingerprint density at radius 3 is 2.57 bits per heavy atom. The molecule has 0 radical (unpaired) electrons. The topological polar surface area (TPSA) is 190 Å². The Balaban J connectivity index is 0.00000175. The maximum absolute atomic E-state index is 14.1. The van der Waals surface area contributed by atoms with E-state index >= 15 is 0 Å². The number of nitrogens with zero attached hydrogens (tertiary/aromatic N) is 7. The molecule has 284 valence electrons. The number of nitrogens with one attached hydrogen (secondary N) is 1. The SMILES string of the molecule is CCOCC(=O)N1CCN(C(=O)c2cccn3cnnc23)CCC(=O)NCC2CCCN(C2)c2nc3cc(OC)c(OC)c(OC)c3cc2C1.O=CO. The lowest BCUT2D eigenvalue weighted by Gasteiger charge is -2.35. The molecule has 2 aliphatic heterocycles. The summed E-state index contributed by atoms with van der Waals surface area (Å²) in [5, 5.41) is 18.8. The second kappa shape index (κ2) is 18.2. The van der Waals surface area contributed by atoms with Crippen LogP contribution in [0.3, 0.4) is 0 Å². The fraction of sp³-hybridized carbons (Fsp3) is 0.472. The van der Waals surface area contributed by atoms with E-state index in [4.69, 9.17) is 33.8 Å². The minimum atomic E-state index is -0.307. The molecule has 3 aromatic heterocycles. The number of pyridine rings is 2. The molecule has 4 aromatic rings. The van der Waals surface area contributed by atoms with Crippen molar-refractivity contribution in [3.63, 3.8) is 0 Å². The van der Waals surface area contributed by atoms with Gasteiger partial charge in [0.25, 0.3) is 12.4 Å². The molecule has 5 heterocycles. The number of piperidine rings is 1. The number of fused-ring (bicyclic) bond motifs is 6. The summed E-state index contributed by atoms with van der Waals surface area (Å²) in [6.45, 7) is 4.48. The molecule has 1 saturated heterocycles. The zero-order chi connectivity index (χ0) is 37.9. The van der Waals surface area contributed by atoms with Gasteiger partial charge in [-0.05, 0) is 43.9 Å². The molecular weight excluding hydrogens is 688 g/mol. The predicted molar refractivity (Wildman–Crippen MR) is 193 cm³/mol. The largest absolute Gasteiger partial charge is 0.493 e. The molecular formula is C36H46N8O9. The summed E-state index contributed by atoms with van der Waals surface area (Å²) in [6, 6.07) is 7.27. The first-order valence-electron chi connectivity index (χ1n) is 17.4. The van der Waals surface area contributed by atoms with Crippen LogP contribution in [0.4, 0.5) is 5.82 Å². The van der Waals surface area contributed by atoms with E-state index in [1.165, 1.54) is 6.33 Å². The minimum Gasteiger partial charge on any atom is -0.493 e. The molecule has 1 aromatic carbocycles. The lowest BCUT2D eigenvalue weighted by Crippen LogP contribution is -2.43. The van der Waals surface area contributed by atoms with Crippen molar-refractivity contribution in [3.8, 4) is 17.2 Å². The average molecular weight is 735 g/mol. The van der Waals surface area contributed by atoms with Crippen LogP contribution in [0.15, 0.2) is 36.8 Å².